The normalized spacial score (nSPS) is 23.4. The second kappa shape index (κ2) is 7.98. The fourth-order valence-corrected chi connectivity index (χ4v) is 2.48. The van der Waals surface area contributed by atoms with Gasteiger partial charge in [0.25, 0.3) is 0 Å². The second-order valence-corrected chi connectivity index (χ2v) is 5.43. The summed E-state index contributed by atoms with van der Waals surface area (Å²) < 4.78 is 21.1. The van der Waals surface area contributed by atoms with Crippen molar-refractivity contribution in [2.45, 2.75) is 44.9 Å². The van der Waals surface area contributed by atoms with Gasteiger partial charge in [-0.3, -0.25) is 4.79 Å². The Balaban J connectivity index is 2.11. The van der Waals surface area contributed by atoms with Crippen molar-refractivity contribution >= 4 is 17.6 Å². The number of aliphatic hydroxyl groups excluding tert-OH is 1. The first-order chi connectivity index (χ1) is 11.4. The van der Waals surface area contributed by atoms with E-state index in [2.05, 4.69) is 4.74 Å². The third kappa shape index (κ3) is 4.59. The summed E-state index contributed by atoms with van der Waals surface area (Å²) in [5, 5.41) is 9.10. The number of ether oxygens (including phenoxy) is 4. The highest BCUT2D eigenvalue weighted by Gasteiger charge is 2.37. The van der Waals surface area contributed by atoms with Gasteiger partial charge in [0.2, 0.25) is 6.29 Å². The van der Waals surface area contributed by atoms with E-state index in [1.54, 1.807) is 18.2 Å². The molecule has 1 heterocycles. The van der Waals surface area contributed by atoms with Crippen LogP contribution in [-0.4, -0.2) is 42.7 Å². The molecule has 0 aromatic heterocycles. The molecule has 1 aromatic rings. The lowest BCUT2D eigenvalue weighted by atomic mass is 10.0. The van der Waals surface area contributed by atoms with Crippen molar-refractivity contribution < 1.29 is 33.6 Å². The van der Waals surface area contributed by atoms with Crippen molar-refractivity contribution in [3.63, 3.8) is 0 Å². The number of hydrogen-bond donors (Lipinski definition) is 2. The molecule has 1 aromatic carbocycles. The van der Waals surface area contributed by atoms with Crippen LogP contribution in [0.1, 0.15) is 25.3 Å². The molecule has 2 rings (SSSR count). The number of methoxy groups -OCH3 is 1. The van der Waals surface area contributed by atoms with Gasteiger partial charge < -0.3 is 29.8 Å². The molecule has 3 unspecified atom stereocenters. The van der Waals surface area contributed by atoms with Crippen molar-refractivity contribution in [2.24, 2.45) is 0 Å². The van der Waals surface area contributed by atoms with E-state index in [9.17, 15) is 9.59 Å². The minimum atomic E-state index is -0.893. The lowest BCUT2D eigenvalue weighted by Crippen LogP contribution is -2.44. The molecule has 0 saturated carbocycles. The van der Waals surface area contributed by atoms with Crippen LogP contribution in [0, 0.1) is 0 Å². The molecule has 132 valence electrons. The van der Waals surface area contributed by atoms with E-state index in [1.807, 2.05) is 0 Å². The lowest BCUT2D eigenvalue weighted by Gasteiger charge is -2.33. The van der Waals surface area contributed by atoms with E-state index >= 15 is 0 Å². The van der Waals surface area contributed by atoms with E-state index in [1.165, 1.54) is 14.0 Å². The van der Waals surface area contributed by atoms with Gasteiger partial charge in [-0.25, -0.2) is 4.79 Å². The predicted molar refractivity (Wildman–Crippen MR) is 82.9 cm³/mol. The second-order valence-electron chi connectivity index (χ2n) is 5.43. The predicted octanol–water partition coefficient (Wildman–Crippen LogP) is 0.750. The van der Waals surface area contributed by atoms with E-state index in [0.717, 1.165) is 0 Å². The Morgan fingerprint density at radius 1 is 1.38 bits per heavy atom. The van der Waals surface area contributed by atoms with Crippen LogP contribution < -0.4 is 10.5 Å². The summed E-state index contributed by atoms with van der Waals surface area (Å²) in [4.78, 5) is 22.9. The Morgan fingerprint density at radius 3 is 2.71 bits per heavy atom. The zero-order valence-corrected chi connectivity index (χ0v) is 13.6. The van der Waals surface area contributed by atoms with Gasteiger partial charge >= 0.3 is 11.9 Å². The summed E-state index contributed by atoms with van der Waals surface area (Å²) in [6, 6.07) is 4.85. The number of carbonyl (C=O) groups is 2. The standard InChI is InChI=1S/C16H21NO7/c1-9(19)22-11-6-14(16(20)21-2)24-15(7-11)23-13-4-3-10(8-18)5-12(13)17/h3-5,11,14-15,18H,6-8,17H2,1-2H3. The maximum Gasteiger partial charge on any atom is 0.335 e. The third-order valence-electron chi connectivity index (χ3n) is 3.56. The number of anilines is 1. The van der Waals surface area contributed by atoms with Gasteiger partial charge in [-0.1, -0.05) is 6.07 Å². The highest BCUT2D eigenvalue weighted by Crippen LogP contribution is 2.29. The van der Waals surface area contributed by atoms with Crippen molar-refractivity contribution in [1.29, 1.82) is 0 Å². The monoisotopic (exact) mass is 339 g/mol. The molecule has 1 saturated heterocycles. The number of hydrogen-bond acceptors (Lipinski definition) is 8. The molecule has 0 bridgehead atoms. The summed E-state index contributed by atoms with van der Waals surface area (Å²) in [5.41, 5.74) is 6.86. The number of rotatable bonds is 5. The molecule has 8 nitrogen and oxygen atoms in total. The van der Waals surface area contributed by atoms with Gasteiger partial charge in [0.05, 0.1) is 19.4 Å². The number of benzene rings is 1. The van der Waals surface area contributed by atoms with Crippen LogP contribution in [-0.2, 0) is 30.4 Å². The summed E-state index contributed by atoms with van der Waals surface area (Å²) in [6.45, 7) is 1.16. The van der Waals surface area contributed by atoms with Crippen LogP contribution in [0.3, 0.4) is 0 Å². The largest absolute Gasteiger partial charge is 0.467 e. The Bertz CT molecular complexity index is 604. The molecule has 1 fully saturated rings. The summed E-state index contributed by atoms with van der Waals surface area (Å²) in [6.07, 6.45) is -1.78. The molecule has 1 aliphatic heterocycles. The van der Waals surface area contributed by atoms with Gasteiger partial charge in [-0.15, -0.1) is 0 Å². The highest BCUT2D eigenvalue weighted by atomic mass is 16.7. The van der Waals surface area contributed by atoms with Crippen molar-refractivity contribution in [1.82, 2.24) is 0 Å². The minimum absolute atomic E-state index is 0.136. The van der Waals surface area contributed by atoms with E-state index in [4.69, 9.17) is 25.1 Å². The Labute approximate surface area is 139 Å². The SMILES string of the molecule is COC(=O)C1CC(OC(C)=O)CC(Oc2ccc(CO)cc2N)O1. The summed E-state index contributed by atoms with van der Waals surface area (Å²) in [5.74, 6) is -0.663. The molecule has 0 radical (unpaired) electrons. The highest BCUT2D eigenvalue weighted by molar-refractivity contribution is 5.74. The Kier molecular flexibility index (Phi) is 5.99. The maximum atomic E-state index is 11.8. The van der Waals surface area contributed by atoms with Gasteiger partial charge in [0, 0.05) is 19.8 Å². The maximum absolute atomic E-state index is 11.8. The average molecular weight is 339 g/mol. The quantitative estimate of drug-likeness (QED) is 0.596. The third-order valence-corrected chi connectivity index (χ3v) is 3.56. The van der Waals surface area contributed by atoms with Crippen LogP contribution >= 0.6 is 0 Å². The molecular weight excluding hydrogens is 318 g/mol. The molecule has 3 N–H and O–H groups in total. The van der Waals surface area contributed by atoms with Gasteiger partial charge in [0.15, 0.2) is 6.10 Å². The van der Waals surface area contributed by atoms with Gasteiger partial charge in [0.1, 0.15) is 11.9 Å². The molecule has 1 aliphatic rings. The van der Waals surface area contributed by atoms with E-state index < -0.39 is 30.4 Å². The average Bonchev–Trinajstić information content (AvgIpc) is 2.55. The summed E-state index contributed by atoms with van der Waals surface area (Å²) >= 11 is 0. The first-order valence-electron chi connectivity index (χ1n) is 7.49. The van der Waals surface area contributed by atoms with E-state index in [0.29, 0.717) is 17.0 Å². The van der Waals surface area contributed by atoms with Crippen LogP contribution in [0.2, 0.25) is 0 Å². The number of esters is 2. The Hall–Kier alpha value is -2.32. The Morgan fingerprint density at radius 2 is 2.12 bits per heavy atom. The molecule has 24 heavy (non-hydrogen) atoms. The topological polar surface area (TPSA) is 117 Å². The molecular formula is C16H21NO7. The van der Waals surface area contributed by atoms with Gasteiger partial charge in [-0.2, -0.15) is 0 Å². The minimum Gasteiger partial charge on any atom is -0.467 e. The zero-order chi connectivity index (χ0) is 17.7. The first-order valence-corrected chi connectivity index (χ1v) is 7.49. The van der Waals surface area contributed by atoms with Crippen molar-refractivity contribution in [2.75, 3.05) is 12.8 Å². The number of nitrogens with two attached hydrogens (primary N) is 1. The first kappa shape index (κ1) is 18.0. The number of carbonyl (C=O) groups excluding carboxylic acids is 2. The number of nitrogen functional groups attached to an aromatic ring is 1. The molecule has 0 spiro atoms. The lowest BCUT2D eigenvalue weighted by molar-refractivity contribution is -0.204. The van der Waals surface area contributed by atoms with Crippen LogP contribution in [0.5, 0.6) is 5.75 Å². The van der Waals surface area contributed by atoms with Crippen molar-refractivity contribution in [3.05, 3.63) is 23.8 Å². The number of aliphatic hydroxyl groups is 1. The van der Waals surface area contributed by atoms with E-state index in [-0.39, 0.29) is 19.4 Å². The van der Waals surface area contributed by atoms with Crippen LogP contribution in [0.4, 0.5) is 5.69 Å². The zero-order valence-electron chi connectivity index (χ0n) is 13.6. The summed E-state index contributed by atoms with van der Waals surface area (Å²) in [7, 11) is 1.25. The molecule has 3 atom stereocenters. The van der Waals surface area contributed by atoms with Gasteiger partial charge in [-0.05, 0) is 17.7 Å². The van der Waals surface area contributed by atoms with Crippen LogP contribution in [0.25, 0.3) is 0 Å². The fraction of sp³-hybridized carbons (Fsp3) is 0.500. The molecule has 0 aliphatic carbocycles. The van der Waals surface area contributed by atoms with Crippen molar-refractivity contribution in [3.8, 4) is 5.75 Å². The fourth-order valence-electron chi connectivity index (χ4n) is 2.48. The smallest absolute Gasteiger partial charge is 0.335 e. The molecule has 8 heteroatoms. The molecule has 0 amide bonds. The van der Waals surface area contributed by atoms with Crippen LogP contribution in [0.15, 0.2) is 18.2 Å².